The van der Waals surface area contributed by atoms with Gasteiger partial charge in [0.25, 0.3) is 5.56 Å². The van der Waals surface area contributed by atoms with Gasteiger partial charge in [0, 0.05) is 18.7 Å². The molecule has 1 aromatic rings. The van der Waals surface area contributed by atoms with Gasteiger partial charge in [0.2, 0.25) is 0 Å². The first-order valence-corrected chi connectivity index (χ1v) is 4.03. The Morgan fingerprint density at radius 2 is 2.14 bits per heavy atom. The van der Waals surface area contributed by atoms with Crippen LogP contribution in [0.1, 0.15) is 11.1 Å². The van der Waals surface area contributed by atoms with Crippen LogP contribution >= 0.6 is 0 Å². The fraction of sp³-hybridized carbons (Fsp3) is 0.333. The van der Waals surface area contributed by atoms with E-state index in [1.165, 1.54) is 13.1 Å². The summed E-state index contributed by atoms with van der Waals surface area (Å²) in [5.41, 5.74) is 0.418. The van der Waals surface area contributed by atoms with Gasteiger partial charge in [-0.15, -0.1) is 0 Å². The number of nitrogens with zero attached hydrogens (tertiary/aromatic N) is 1. The van der Waals surface area contributed by atoms with Crippen molar-refractivity contribution in [2.45, 2.75) is 13.3 Å². The number of aryl methyl sites for hydroxylation is 1. The summed E-state index contributed by atoms with van der Waals surface area (Å²) in [4.78, 5) is 21.6. The van der Waals surface area contributed by atoms with Crippen LogP contribution in [0.25, 0.3) is 0 Å². The van der Waals surface area contributed by atoms with Crippen LogP contribution in [-0.4, -0.2) is 20.7 Å². The van der Waals surface area contributed by atoms with Crippen LogP contribution in [0.5, 0.6) is 5.88 Å². The summed E-state index contributed by atoms with van der Waals surface area (Å²) in [6.07, 6.45) is -0.286. The summed E-state index contributed by atoms with van der Waals surface area (Å²) in [6.45, 7) is 1.60. The van der Waals surface area contributed by atoms with Gasteiger partial charge in [0.15, 0.2) is 5.88 Å². The van der Waals surface area contributed by atoms with Crippen LogP contribution in [0.2, 0.25) is 0 Å². The zero-order valence-corrected chi connectivity index (χ0v) is 7.94. The molecule has 0 fully saturated rings. The smallest absolute Gasteiger partial charge is 0.308 e. The Balaban J connectivity index is 3.36. The molecule has 0 saturated heterocycles. The van der Waals surface area contributed by atoms with Crippen molar-refractivity contribution in [1.29, 1.82) is 0 Å². The summed E-state index contributed by atoms with van der Waals surface area (Å²) in [6, 6.07) is 1.30. The first-order chi connectivity index (χ1) is 6.43. The Morgan fingerprint density at radius 1 is 1.57 bits per heavy atom. The molecule has 0 aliphatic heterocycles. The van der Waals surface area contributed by atoms with Gasteiger partial charge >= 0.3 is 5.97 Å². The second-order valence-electron chi connectivity index (χ2n) is 3.10. The highest BCUT2D eigenvalue weighted by atomic mass is 16.4. The van der Waals surface area contributed by atoms with Crippen molar-refractivity contribution in [3.63, 3.8) is 0 Å². The molecule has 1 heterocycles. The Kier molecular flexibility index (Phi) is 2.60. The standard InChI is InChI=1S/C9H11NO4/c1-5-3-7(11)10(2)9(14)6(5)4-8(12)13/h3,14H,4H2,1-2H3,(H,12,13). The van der Waals surface area contributed by atoms with Crippen molar-refractivity contribution in [3.05, 3.63) is 27.5 Å². The van der Waals surface area contributed by atoms with Crippen molar-refractivity contribution < 1.29 is 15.0 Å². The van der Waals surface area contributed by atoms with Crippen LogP contribution in [0.4, 0.5) is 0 Å². The van der Waals surface area contributed by atoms with Crippen LogP contribution in [0.15, 0.2) is 10.9 Å². The Bertz CT molecular complexity index is 433. The molecular formula is C9H11NO4. The molecule has 76 valence electrons. The SMILES string of the molecule is Cc1cc(=O)n(C)c(O)c1CC(=O)O. The third-order valence-corrected chi connectivity index (χ3v) is 2.06. The van der Waals surface area contributed by atoms with Gasteiger partial charge in [-0.2, -0.15) is 0 Å². The second-order valence-corrected chi connectivity index (χ2v) is 3.10. The number of pyridine rings is 1. The maximum Gasteiger partial charge on any atom is 0.308 e. The van der Waals surface area contributed by atoms with E-state index < -0.39 is 5.97 Å². The number of hydrogen-bond donors (Lipinski definition) is 2. The molecule has 0 aliphatic rings. The zero-order valence-electron chi connectivity index (χ0n) is 7.94. The molecule has 0 saturated carbocycles. The lowest BCUT2D eigenvalue weighted by Gasteiger charge is -2.09. The number of rotatable bonds is 2. The average Bonchev–Trinajstić information content (AvgIpc) is 2.09. The maximum atomic E-state index is 11.2. The molecule has 0 amide bonds. The fourth-order valence-electron chi connectivity index (χ4n) is 1.22. The molecule has 0 atom stereocenters. The number of aromatic nitrogens is 1. The van der Waals surface area contributed by atoms with Gasteiger partial charge in [-0.3, -0.25) is 14.2 Å². The monoisotopic (exact) mass is 197 g/mol. The van der Waals surface area contributed by atoms with Crippen LogP contribution in [-0.2, 0) is 18.3 Å². The molecule has 0 aromatic carbocycles. The van der Waals surface area contributed by atoms with Gasteiger partial charge in [-0.25, -0.2) is 0 Å². The van der Waals surface area contributed by atoms with Crippen molar-refractivity contribution in [1.82, 2.24) is 4.57 Å². The molecule has 14 heavy (non-hydrogen) atoms. The van der Waals surface area contributed by atoms with E-state index in [9.17, 15) is 14.7 Å². The van der Waals surface area contributed by atoms with E-state index in [4.69, 9.17) is 5.11 Å². The van der Waals surface area contributed by atoms with Crippen molar-refractivity contribution in [3.8, 4) is 5.88 Å². The number of aliphatic carboxylic acids is 1. The van der Waals surface area contributed by atoms with Crippen molar-refractivity contribution in [2.24, 2.45) is 7.05 Å². The predicted molar refractivity (Wildman–Crippen MR) is 49.4 cm³/mol. The van der Waals surface area contributed by atoms with E-state index in [1.54, 1.807) is 6.92 Å². The van der Waals surface area contributed by atoms with Gasteiger partial charge in [0.1, 0.15) is 0 Å². The molecule has 5 nitrogen and oxygen atoms in total. The highest BCUT2D eigenvalue weighted by molar-refractivity contribution is 5.71. The normalized spacial score (nSPS) is 10.1. The summed E-state index contributed by atoms with van der Waals surface area (Å²) >= 11 is 0. The third-order valence-electron chi connectivity index (χ3n) is 2.06. The number of hydrogen-bond acceptors (Lipinski definition) is 3. The van der Waals surface area contributed by atoms with E-state index in [1.807, 2.05) is 0 Å². The van der Waals surface area contributed by atoms with Gasteiger partial charge < -0.3 is 10.2 Å². The topological polar surface area (TPSA) is 79.5 Å². The van der Waals surface area contributed by atoms with Gasteiger partial charge in [0.05, 0.1) is 6.42 Å². The van der Waals surface area contributed by atoms with E-state index >= 15 is 0 Å². The predicted octanol–water partition coefficient (Wildman–Crippen LogP) is 0.0264. The molecule has 0 spiro atoms. The molecule has 2 N–H and O–H groups in total. The van der Waals surface area contributed by atoms with E-state index in [0.29, 0.717) is 5.56 Å². The van der Waals surface area contributed by atoms with E-state index in [2.05, 4.69) is 0 Å². The number of carboxylic acids is 1. The molecule has 5 heteroatoms. The minimum atomic E-state index is -1.04. The largest absolute Gasteiger partial charge is 0.494 e. The zero-order chi connectivity index (χ0) is 10.9. The Morgan fingerprint density at radius 3 is 2.64 bits per heavy atom. The molecule has 1 aromatic heterocycles. The number of carbonyl (C=O) groups is 1. The molecule has 0 radical (unpaired) electrons. The van der Waals surface area contributed by atoms with Gasteiger partial charge in [-0.1, -0.05) is 0 Å². The minimum Gasteiger partial charge on any atom is -0.494 e. The van der Waals surface area contributed by atoms with Crippen molar-refractivity contribution >= 4 is 5.97 Å². The van der Waals surface area contributed by atoms with Crippen molar-refractivity contribution in [2.75, 3.05) is 0 Å². The molecular weight excluding hydrogens is 186 g/mol. The first-order valence-electron chi connectivity index (χ1n) is 4.03. The highest BCUT2D eigenvalue weighted by Gasteiger charge is 2.12. The maximum absolute atomic E-state index is 11.2. The van der Waals surface area contributed by atoms with Crippen LogP contribution in [0.3, 0.4) is 0 Å². The minimum absolute atomic E-state index is 0.277. The lowest BCUT2D eigenvalue weighted by molar-refractivity contribution is -0.136. The summed E-state index contributed by atoms with van der Waals surface area (Å²) in [5.74, 6) is -1.32. The van der Waals surface area contributed by atoms with Gasteiger partial charge in [-0.05, 0) is 12.5 Å². The molecule has 0 bridgehead atoms. The Labute approximate surface area is 80.2 Å². The van der Waals surface area contributed by atoms with Crippen LogP contribution in [0, 0.1) is 6.92 Å². The molecule has 0 aliphatic carbocycles. The lowest BCUT2D eigenvalue weighted by atomic mass is 10.1. The summed E-state index contributed by atoms with van der Waals surface area (Å²) in [5, 5.41) is 18.1. The van der Waals surface area contributed by atoms with E-state index in [-0.39, 0.29) is 23.4 Å². The Hall–Kier alpha value is -1.78. The third kappa shape index (κ3) is 1.76. The number of aromatic hydroxyl groups is 1. The van der Waals surface area contributed by atoms with E-state index in [0.717, 1.165) is 4.57 Å². The number of carboxylic acid groups (broad SMARTS) is 1. The lowest BCUT2D eigenvalue weighted by Crippen LogP contribution is -2.18. The quantitative estimate of drug-likeness (QED) is 0.700. The average molecular weight is 197 g/mol. The molecule has 1 rings (SSSR count). The second kappa shape index (κ2) is 3.53. The highest BCUT2D eigenvalue weighted by Crippen LogP contribution is 2.17. The van der Waals surface area contributed by atoms with Crippen LogP contribution < -0.4 is 5.56 Å². The first kappa shape index (κ1) is 10.3. The fourth-order valence-corrected chi connectivity index (χ4v) is 1.22. The molecule has 0 unspecified atom stereocenters. The summed E-state index contributed by atoms with van der Waals surface area (Å²) < 4.78 is 1.02. The summed E-state index contributed by atoms with van der Waals surface area (Å²) in [7, 11) is 1.39.